The van der Waals surface area contributed by atoms with Crippen molar-refractivity contribution in [2.75, 3.05) is 0 Å². The van der Waals surface area contributed by atoms with Gasteiger partial charge in [0.05, 0.1) is 6.04 Å². The first kappa shape index (κ1) is 10.3. The molecule has 1 unspecified atom stereocenters. The van der Waals surface area contributed by atoms with Crippen LogP contribution in [0, 0.1) is 12.3 Å². The zero-order chi connectivity index (χ0) is 9.07. The van der Waals surface area contributed by atoms with Gasteiger partial charge in [0.15, 0.2) is 0 Å². The van der Waals surface area contributed by atoms with Crippen molar-refractivity contribution in [1.82, 2.24) is 4.72 Å². The number of alkyl halides is 2. The summed E-state index contributed by atoms with van der Waals surface area (Å²) in [5.74, 6) is -1.48. The van der Waals surface area contributed by atoms with Crippen LogP contribution in [0.5, 0.6) is 0 Å². The Morgan fingerprint density at radius 3 is 2.27 bits per heavy atom. The summed E-state index contributed by atoms with van der Waals surface area (Å²) in [5.41, 5.74) is 0. The van der Waals surface area contributed by atoms with Crippen LogP contribution in [0.15, 0.2) is 0 Å². The smallest absolute Gasteiger partial charge is 0.206 e. The van der Waals surface area contributed by atoms with Gasteiger partial charge in [-0.2, -0.15) is 13.5 Å². The van der Waals surface area contributed by atoms with Crippen LogP contribution in [0.4, 0.5) is 8.78 Å². The van der Waals surface area contributed by atoms with E-state index in [1.165, 1.54) is 6.92 Å². The van der Waals surface area contributed by atoms with E-state index in [-0.39, 0.29) is 0 Å². The zero-order valence-electron chi connectivity index (χ0n) is 5.71. The number of sulfonamides is 1. The summed E-state index contributed by atoms with van der Waals surface area (Å²) in [5, 5.41) is 0. The summed E-state index contributed by atoms with van der Waals surface area (Å²) >= 11 is 0. The van der Waals surface area contributed by atoms with Crippen LogP contribution in [-0.2, 0) is 10.0 Å². The van der Waals surface area contributed by atoms with Crippen molar-refractivity contribution in [2.45, 2.75) is 18.7 Å². The molecular weight excluding hydrogens is 176 g/mol. The van der Waals surface area contributed by atoms with Gasteiger partial charge in [-0.05, 0) is 6.92 Å². The highest BCUT2D eigenvalue weighted by atomic mass is 32.2. The highest BCUT2D eigenvalue weighted by Gasteiger charge is 2.24. The second-order valence-electron chi connectivity index (χ2n) is 1.81. The second-order valence-corrected chi connectivity index (χ2v) is 3.49. The predicted octanol–water partition coefficient (Wildman–Crippen LogP) is 0.150. The first-order valence-corrected chi connectivity index (χ1v) is 4.20. The number of rotatable bonds is 3. The molecule has 0 bridgehead atoms. The molecule has 0 radical (unpaired) electrons. The van der Waals surface area contributed by atoms with Gasteiger partial charge in [-0.1, -0.05) is 5.92 Å². The fraction of sp³-hybridized carbons (Fsp3) is 0.600. The summed E-state index contributed by atoms with van der Waals surface area (Å²) in [6.45, 7) is 1.29. The van der Waals surface area contributed by atoms with E-state index in [0.29, 0.717) is 0 Å². The molecular formula is C5H7F2NO2S. The van der Waals surface area contributed by atoms with Gasteiger partial charge in [-0.15, -0.1) is 6.42 Å². The van der Waals surface area contributed by atoms with E-state index in [9.17, 15) is 17.2 Å². The number of halogens is 2. The van der Waals surface area contributed by atoms with Gasteiger partial charge in [-0.25, -0.2) is 8.42 Å². The molecule has 6 heteroatoms. The molecule has 11 heavy (non-hydrogen) atoms. The van der Waals surface area contributed by atoms with E-state index in [1.807, 2.05) is 5.92 Å². The lowest BCUT2D eigenvalue weighted by atomic mass is 10.4. The lowest BCUT2D eigenvalue weighted by molar-refractivity contribution is 0.232. The minimum Gasteiger partial charge on any atom is -0.206 e. The van der Waals surface area contributed by atoms with Crippen LogP contribution in [0.2, 0.25) is 0 Å². The van der Waals surface area contributed by atoms with Crippen LogP contribution in [0.1, 0.15) is 6.92 Å². The predicted molar refractivity (Wildman–Crippen MR) is 36.4 cm³/mol. The Morgan fingerprint density at radius 1 is 1.55 bits per heavy atom. The van der Waals surface area contributed by atoms with Gasteiger partial charge in [0.25, 0.3) is 10.0 Å². The average molecular weight is 183 g/mol. The summed E-state index contributed by atoms with van der Waals surface area (Å²) in [6, 6.07) is -0.908. The number of hydrogen-bond donors (Lipinski definition) is 1. The molecule has 0 spiro atoms. The molecule has 0 saturated heterocycles. The Kier molecular flexibility index (Phi) is 3.42. The normalized spacial score (nSPS) is 14.5. The van der Waals surface area contributed by atoms with Crippen molar-refractivity contribution < 1.29 is 17.2 Å². The summed E-state index contributed by atoms with van der Waals surface area (Å²) in [7, 11) is -4.54. The lowest BCUT2D eigenvalue weighted by Gasteiger charge is -2.06. The number of nitrogens with one attached hydrogen (secondary N) is 1. The summed E-state index contributed by atoms with van der Waals surface area (Å²) in [4.78, 5) is 0. The number of hydrogen-bond acceptors (Lipinski definition) is 2. The topological polar surface area (TPSA) is 46.2 Å². The standard InChI is InChI=1S/C5H7F2NO2S/c1-3-4(2)8-11(9,10)5(6)7/h1,4-5,8H,2H3. The molecule has 0 aliphatic heterocycles. The monoisotopic (exact) mass is 183 g/mol. The molecule has 64 valence electrons. The SMILES string of the molecule is C#CC(C)NS(=O)(=O)C(F)F. The molecule has 3 nitrogen and oxygen atoms in total. The minimum atomic E-state index is -4.54. The van der Waals surface area contributed by atoms with E-state index >= 15 is 0 Å². The Morgan fingerprint density at radius 2 is 2.00 bits per heavy atom. The van der Waals surface area contributed by atoms with Crippen LogP contribution < -0.4 is 4.72 Å². The molecule has 0 rings (SSSR count). The molecule has 0 aliphatic rings. The van der Waals surface area contributed by atoms with Crippen molar-refractivity contribution in [3.63, 3.8) is 0 Å². The molecule has 0 saturated carbocycles. The lowest BCUT2D eigenvalue weighted by Crippen LogP contribution is -2.35. The zero-order valence-corrected chi connectivity index (χ0v) is 6.53. The third-order valence-electron chi connectivity index (χ3n) is 0.826. The third kappa shape index (κ3) is 3.30. The molecule has 0 aromatic carbocycles. The van der Waals surface area contributed by atoms with Crippen LogP contribution in [0.3, 0.4) is 0 Å². The maximum atomic E-state index is 11.6. The van der Waals surface area contributed by atoms with E-state index in [1.54, 1.807) is 4.72 Å². The first-order chi connectivity index (χ1) is 4.90. The Bertz CT molecular complexity index is 254. The highest BCUT2D eigenvalue weighted by Crippen LogP contribution is 2.02. The summed E-state index contributed by atoms with van der Waals surface area (Å²) in [6.07, 6.45) is 4.76. The van der Waals surface area contributed by atoms with Gasteiger partial charge in [0.2, 0.25) is 0 Å². The van der Waals surface area contributed by atoms with Crippen molar-refractivity contribution in [1.29, 1.82) is 0 Å². The fourth-order valence-electron chi connectivity index (χ4n) is 0.332. The van der Waals surface area contributed by atoms with E-state index < -0.39 is 21.8 Å². The highest BCUT2D eigenvalue weighted by molar-refractivity contribution is 7.89. The van der Waals surface area contributed by atoms with Gasteiger partial charge in [0.1, 0.15) is 0 Å². The maximum Gasteiger partial charge on any atom is 0.350 e. The van der Waals surface area contributed by atoms with E-state index in [0.717, 1.165) is 0 Å². The molecule has 0 aromatic heterocycles. The Labute approximate surface area is 63.8 Å². The van der Waals surface area contributed by atoms with Gasteiger partial charge in [-0.3, -0.25) is 0 Å². The van der Waals surface area contributed by atoms with Crippen LogP contribution in [0.25, 0.3) is 0 Å². The number of terminal acetylenes is 1. The van der Waals surface area contributed by atoms with Crippen molar-refractivity contribution in [3.8, 4) is 12.3 Å². The third-order valence-corrected chi connectivity index (χ3v) is 1.98. The Balaban J connectivity index is 4.29. The van der Waals surface area contributed by atoms with Crippen LogP contribution >= 0.6 is 0 Å². The quantitative estimate of drug-likeness (QED) is 0.633. The Hall–Kier alpha value is -0.670. The fourth-order valence-corrected chi connectivity index (χ4v) is 0.996. The minimum absolute atomic E-state index is 0.908. The van der Waals surface area contributed by atoms with Gasteiger partial charge in [0, 0.05) is 0 Å². The van der Waals surface area contributed by atoms with Crippen LogP contribution in [-0.4, -0.2) is 20.2 Å². The van der Waals surface area contributed by atoms with Gasteiger partial charge >= 0.3 is 5.76 Å². The maximum absolute atomic E-state index is 11.6. The molecule has 0 aliphatic carbocycles. The first-order valence-electron chi connectivity index (χ1n) is 2.65. The molecule has 1 N–H and O–H groups in total. The molecule has 0 heterocycles. The van der Waals surface area contributed by atoms with Crippen molar-refractivity contribution >= 4 is 10.0 Å². The van der Waals surface area contributed by atoms with Crippen molar-refractivity contribution in [2.24, 2.45) is 0 Å². The molecule has 0 fully saturated rings. The molecule has 1 atom stereocenters. The molecule has 0 aromatic rings. The second kappa shape index (κ2) is 3.64. The van der Waals surface area contributed by atoms with E-state index in [2.05, 4.69) is 0 Å². The largest absolute Gasteiger partial charge is 0.350 e. The summed E-state index contributed by atoms with van der Waals surface area (Å²) < 4.78 is 45.5. The average Bonchev–Trinajstić information content (AvgIpc) is 1.86. The molecule has 0 amide bonds. The van der Waals surface area contributed by atoms with Gasteiger partial charge < -0.3 is 0 Å². The van der Waals surface area contributed by atoms with Crippen molar-refractivity contribution in [3.05, 3.63) is 0 Å². The van der Waals surface area contributed by atoms with E-state index in [4.69, 9.17) is 6.42 Å².